The lowest BCUT2D eigenvalue weighted by atomic mass is 10.4. The van der Waals surface area contributed by atoms with Crippen LogP contribution in [0.3, 0.4) is 0 Å². The summed E-state index contributed by atoms with van der Waals surface area (Å²) in [5.74, 6) is 0.753. The van der Waals surface area contributed by atoms with Gasteiger partial charge in [0, 0.05) is 19.2 Å². The molecule has 0 spiro atoms. The highest BCUT2D eigenvalue weighted by molar-refractivity contribution is 5.79. The second-order valence-electron chi connectivity index (χ2n) is 4.25. The van der Waals surface area contributed by atoms with E-state index in [9.17, 15) is 4.79 Å². The van der Waals surface area contributed by atoms with Gasteiger partial charge in [0.2, 0.25) is 11.8 Å². The maximum absolute atomic E-state index is 11.4. The number of fused-ring (bicyclic) bond motifs is 1. The van der Waals surface area contributed by atoms with Crippen molar-refractivity contribution in [3.05, 3.63) is 18.6 Å². The highest BCUT2D eigenvalue weighted by atomic mass is 16.5. The number of H-pyrrole nitrogens is 1. The average Bonchev–Trinajstić information content (AvgIpc) is 2.99. The Bertz CT molecular complexity index is 566. The SMILES string of the molecule is O=C1CCCN1CCOc1nccc2nc[nH]c12. The summed E-state index contributed by atoms with van der Waals surface area (Å²) in [5, 5.41) is 0. The van der Waals surface area contributed by atoms with Gasteiger partial charge in [-0.1, -0.05) is 0 Å². The number of rotatable bonds is 4. The van der Waals surface area contributed by atoms with Crippen molar-refractivity contribution in [1.82, 2.24) is 19.9 Å². The van der Waals surface area contributed by atoms with Crippen LogP contribution in [0.15, 0.2) is 18.6 Å². The fraction of sp³-hybridized carbons (Fsp3) is 0.417. The first-order valence-corrected chi connectivity index (χ1v) is 6.03. The van der Waals surface area contributed by atoms with Gasteiger partial charge in [-0.2, -0.15) is 0 Å². The molecule has 1 aliphatic heterocycles. The summed E-state index contributed by atoms with van der Waals surface area (Å²) in [6.45, 7) is 1.91. The Balaban J connectivity index is 1.63. The third-order valence-electron chi connectivity index (χ3n) is 3.08. The van der Waals surface area contributed by atoms with Crippen molar-refractivity contribution in [2.45, 2.75) is 12.8 Å². The molecule has 1 N–H and O–H groups in total. The van der Waals surface area contributed by atoms with Gasteiger partial charge in [-0.25, -0.2) is 9.97 Å². The average molecular weight is 246 g/mol. The molecular formula is C12H14N4O2. The van der Waals surface area contributed by atoms with E-state index in [1.165, 1.54) is 0 Å². The molecule has 6 heteroatoms. The third-order valence-corrected chi connectivity index (χ3v) is 3.08. The van der Waals surface area contributed by atoms with Crippen LogP contribution in [0, 0.1) is 0 Å². The van der Waals surface area contributed by atoms with Gasteiger partial charge in [-0.05, 0) is 12.5 Å². The summed E-state index contributed by atoms with van der Waals surface area (Å²) in [6, 6.07) is 1.82. The summed E-state index contributed by atoms with van der Waals surface area (Å²) in [7, 11) is 0. The monoisotopic (exact) mass is 246 g/mol. The number of aromatic nitrogens is 3. The van der Waals surface area contributed by atoms with E-state index in [-0.39, 0.29) is 5.91 Å². The number of pyridine rings is 1. The fourth-order valence-electron chi connectivity index (χ4n) is 2.15. The first-order valence-electron chi connectivity index (χ1n) is 6.03. The molecule has 1 fully saturated rings. The van der Waals surface area contributed by atoms with Crippen LogP contribution < -0.4 is 4.74 Å². The second-order valence-corrected chi connectivity index (χ2v) is 4.25. The first-order chi connectivity index (χ1) is 8.84. The van der Waals surface area contributed by atoms with E-state index < -0.39 is 0 Å². The number of hydrogen-bond donors (Lipinski definition) is 1. The molecule has 18 heavy (non-hydrogen) atoms. The van der Waals surface area contributed by atoms with Gasteiger partial charge in [0.1, 0.15) is 12.1 Å². The number of imidazole rings is 1. The molecule has 2 aromatic heterocycles. The lowest BCUT2D eigenvalue weighted by Crippen LogP contribution is -2.29. The second kappa shape index (κ2) is 4.64. The van der Waals surface area contributed by atoms with E-state index in [0.29, 0.717) is 25.5 Å². The Morgan fingerprint density at radius 3 is 3.22 bits per heavy atom. The van der Waals surface area contributed by atoms with Gasteiger partial charge in [0.05, 0.1) is 18.4 Å². The van der Waals surface area contributed by atoms with Crippen molar-refractivity contribution in [3.8, 4) is 5.88 Å². The van der Waals surface area contributed by atoms with Crippen LogP contribution in [0.4, 0.5) is 0 Å². The van der Waals surface area contributed by atoms with Crippen LogP contribution in [0.1, 0.15) is 12.8 Å². The Labute approximate surface area is 104 Å². The topological polar surface area (TPSA) is 71.1 Å². The standard InChI is InChI=1S/C12H14N4O2/c17-10-2-1-5-16(10)6-7-18-12-11-9(3-4-13-12)14-8-15-11/h3-4,8H,1-2,5-7H2,(H,14,15). The van der Waals surface area contributed by atoms with Crippen LogP contribution in [0.5, 0.6) is 5.88 Å². The zero-order chi connectivity index (χ0) is 12.4. The molecular weight excluding hydrogens is 232 g/mol. The number of nitrogens with zero attached hydrogens (tertiary/aromatic N) is 3. The molecule has 1 aliphatic rings. The highest BCUT2D eigenvalue weighted by Crippen LogP contribution is 2.18. The zero-order valence-electron chi connectivity index (χ0n) is 9.93. The quantitative estimate of drug-likeness (QED) is 0.872. The number of ether oxygens (including phenoxy) is 1. The molecule has 0 aliphatic carbocycles. The van der Waals surface area contributed by atoms with E-state index in [4.69, 9.17) is 4.74 Å². The largest absolute Gasteiger partial charge is 0.474 e. The Morgan fingerprint density at radius 1 is 1.44 bits per heavy atom. The van der Waals surface area contributed by atoms with Gasteiger partial charge < -0.3 is 14.6 Å². The van der Waals surface area contributed by atoms with E-state index in [2.05, 4.69) is 15.0 Å². The molecule has 0 saturated carbocycles. The number of nitrogens with one attached hydrogen (secondary N) is 1. The Morgan fingerprint density at radius 2 is 2.39 bits per heavy atom. The molecule has 0 radical (unpaired) electrons. The van der Waals surface area contributed by atoms with E-state index in [0.717, 1.165) is 24.0 Å². The van der Waals surface area contributed by atoms with Gasteiger partial charge in [0.25, 0.3) is 0 Å². The number of carbonyl (C=O) groups excluding carboxylic acids is 1. The van der Waals surface area contributed by atoms with Crippen molar-refractivity contribution >= 4 is 16.9 Å². The number of carbonyl (C=O) groups is 1. The third kappa shape index (κ3) is 2.01. The number of likely N-dealkylation sites (tertiary alicyclic amines) is 1. The minimum absolute atomic E-state index is 0.214. The molecule has 1 amide bonds. The van der Waals surface area contributed by atoms with Gasteiger partial charge in [-0.15, -0.1) is 0 Å². The maximum Gasteiger partial charge on any atom is 0.240 e. The summed E-state index contributed by atoms with van der Waals surface area (Å²) < 4.78 is 5.61. The predicted octanol–water partition coefficient (Wildman–Crippen LogP) is 0.959. The summed E-state index contributed by atoms with van der Waals surface area (Å²) in [6.07, 6.45) is 4.89. The fourth-order valence-corrected chi connectivity index (χ4v) is 2.15. The predicted molar refractivity (Wildman–Crippen MR) is 65.2 cm³/mol. The lowest BCUT2D eigenvalue weighted by Gasteiger charge is -2.15. The van der Waals surface area contributed by atoms with E-state index in [1.54, 1.807) is 12.5 Å². The highest BCUT2D eigenvalue weighted by Gasteiger charge is 2.19. The van der Waals surface area contributed by atoms with Crippen molar-refractivity contribution in [2.24, 2.45) is 0 Å². The Kier molecular flexibility index (Phi) is 2.84. The number of amides is 1. The van der Waals surface area contributed by atoms with Crippen LogP contribution >= 0.6 is 0 Å². The van der Waals surface area contributed by atoms with Crippen molar-refractivity contribution < 1.29 is 9.53 Å². The molecule has 94 valence electrons. The molecule has 1 saturated heterocycles. The van der Waals surface area contributed by atoms with E-state index >= 15 is 0 Å². The lowest BCUT2D eigenvalue weighted by molar-refractivity contribution is -0.128. The Hall–Kier alpha value is -2.11. The number of hydrogen-bond acceptors (Lipinski definition) is 4. The minimum atomic E-state index is 0.214. The molecule has 0 aromatic carbocycles. The van der Waals surface area contributed by atoms with E-state index in [1.807, 2.05) is 11.0 Å². The van der Waals surface area contributed by atoms with Crippen LogP contribution in [0.2, 0.25) is 0 Å². The van der Waals surface area contributed by atoms with Crippen LogP contribution in [-0.2, 0) is 4.79 Å². The zero-order valence-corrected chi connectivity index (χ0v) is 9.93. The van der Waals surface area contributed by atoms with Crippen LogP contribution in [0.25, 0.3) is 11.0 Å². The number of aromatic amines is 1. The molecule has 3 heterocycles. The molecule has 0 bridgehead atoms. The molecule has 0 atom stereocenters. The normalized spacial score (nSPS) is 15.6. The summed E-state index contributed by atoms with van der Waals surface area (Å²) >= 11 is 0. The molecule has 0 unspecified atom stereocenters. The first kappa shape index (κ1) is 11.0. The van der Waals surface area contributed by atoms with Gasteiger partial charge in [-0.3, -0.25) is 4.79 Å². The van der Waals surface area contributed by atoms with Crippen molar-refractivity contribution in [1.29, 1.82) is 0 Å². The smallest absolute Gasteiger partial charge is 0.240 e. The summed E-state index contributed by atoms with van der Waals surface area (Å²) in [5.41, 5.74) is 1.63. The molecule has 2 aromatic rings. The maximum atomic E-state index is 11.4. The van der Waals surface area contributed by atoms with Gasteiger partial charge >= 0.3 is 0 Å². The van der Waals surface area contributed by atoms with Crippen molar-refractivity contribution in [3.63, 3.8) is 0 Å². The molecule has 6 nitrogen and oxygen atoms in total. The minimum Gasteiger partial charge on any atom is -0.474 e. The summed E-state index contributed by atoms with van der Waals surface area (Å²) in [4.78, 5) is 24.6. The molecule has 3 rings (SSSR count). The van der Waals surface area contributed by atoms with Crippen molar-refractivity contribution in [2.75, 3.05) is 19.7 Å². The van der Waals surface area contributed by atoms with Crippen LogP contribution in [-0.4, -0.2) is 45.5 Å². The van der Waals surface area contributed by atoms with Gasteiger partial charge in [0.15, 0.2) is 0 Å².